The molecule has 1 heterocycles. The van der Waals surface area contributed by atoms with Gasteiger partial charge in [-0.15, -0.1) is 0 Å². The Bertz CT molecular complexity index is 316. The molecule has 1 aromatic heterocycles. The van der Waals surface area contributed by atoms with Gasteiger partial charge in [-0.1, -0.05) is 6.07 Å². The maximum atomic E-state index is 10.9. The highest BCUT2D eigenvalue weighted by Crippen LogP contribution is 1.79. The zero-order valence-electron chi connectivity index (χ0n) is 5.86. The lowest BCUT2D eigenvalue weighted by atomic mass is 10.4. The Labute approximate surface area is 63.3 Å². The molecule has 0 radical (unpaired) electrons. The third-order valence-corrected chi connectivity index (χ3v) is 1.23. The number of nitrogens with two attached hydrogens (primary N) is 1. The summed E-state index contributed by atoms with van der Waals surface area (Å²) in [4.78, 5) is 21.3. The van der Waals surface area contributed by atoms with Crippen molar-refractivity contribution in [2.45, 2.75) is 6.54 Å². The van der Waals surface area contributed by atoms with Crippen LogP contribution in [0.5, 0.6) is 0 Å². The van der Waals surface area contributed by atoms with Crippen LogP contribution in [0, 0.1) is 0 Å². The normalized spacial score (nSPS) is 9.45. The minimum absolute atomic E-state index is 0.0559. The molecule has 0 aliphatic carbocycles. The van der Waals surface area contributed by atoms with Crippen LogP contribution in [0.1, 0.15) is 0 Å². The molecule has 0 aromatic carbocycles. The SMILES string of the molecule is NC(=O)Cn1ccccc1=O. The average molecular weight is 152 g/mol. The van der Waals surface area contributed by atoms with E-state index in [2.05, 4.69) is 0 Å². The van der Waals surface area contributed by atoms with Crippen LogP contribution < -0.4 is 11.3 Å². The van der Waals surface area contributed by atoms with E-state index in [1.165, 1.54) is 16.8 Å². The Morgan fingerprint density at radius 3 is 2.82 bits per heavy atom. The van der Waals surface area contributed by atoms with E-state index in [4.69, 9.17) is 5.73 Å². The largest absolute Gasteiger partial charge is 0.368 e. The predicted octanol–water partition coefficient (Wildman–Crippen LogP) is -0.666. The minimum atomic E-state index is -0.515. The molecule has 4 heteroatoms. The van der Waals surface area contributed by atoms with Gasteiger partial charge in [-0.25, -0.2) is 0 Å². The molecular weight excluding hydrogens is 144 g/mol. The smallest absolute Gasteiger partial charge is 0.250 e. The number of carbonyl (C=O) groups excluding carboxylic acids is 1. The summed E-state index contributed by atoms with van der Waals surface area (Å²) in [5.41, 5.74) is 4.68. The van der Waals surface area contributed by atoms with Gasteiger partial charge in [0.05, 0.1) is 0 Å². The fourth-order valence-electron chi connectivity index (χ4n) is 0.759. The number of pyridine rings is 1. The lowest BCUT2D eigenvalue weighted by Crippen LogP contribution is -2.26. The number of primary amides is 1. The average Bonchev–Trinajstić information content (AvgIpc) is 1.93. The molecule has 0 aliphatic heterocycles. The Balaban J connectivity index is 2.95. The van der Waals surface area contributed by atoms with Crippen molar-refractivity contribution in [3.63, 3.8) is 0 Å². The quantitative estimate of drug-likeness (QED) is 0.611. The maximum Gasteiger partial charge on any atom is 0.250 e. The van der Waals surface area contributed by atoms with E-state index in [0.29, 0.717) is 0 Å². The highest BCUT2D eigenvalue weighted by molar-refractivity contribution is 5.73. The van der Waals surface area contributed by atoms with Crippen molar-refractivity contribution in [2.24, 2.45) is 5.73 Å². The van der Waals surface area contributed by atoms with Crippen LogP contribution in [0.15, 0.2) is 29.2 Å². The first kappa shape index (κ1) is 7.53. The number of amides is 1. The zero-order valence-corrected chi connectivity index (χ0v) is 5.86. The van der Waals surface area contributed by atoms with Crippen LogP contribution in [0.4, 0.5) is 0 Å². The second kappa shape index (κ2) is 3.01. The topological polar surface area (TPSA) is 65.1 Å². The summed E-state index contributed by atoms with van der Waals surface area (Å²) < 4.78 is 1.25. The van der Waals surface area contributed by atoms with Crippen molar-refractivity contribution in [3.8, 4) is 0 Å². The Kier molecular flexibility index (Phi) is 2.06. The lowest BCUT2D eigenvalue weighted by Gasteiger charge is -1.98. The molecule has 4 nitrogen and oxygen atoms in total. The van der Waals surface area contributed by atoms with E-state index >= 15 is 0 Å². The van der Waals surface area contributed by atoms with Gasteiger partial charge < -0.3 is 10.3 Å². The van der Waals surface area contributed by atoms with Crippen LogP contribution in [-0.2, 0) is 11.3 Å². The monoisotopic (exact) mass is 152 g/mol. The van der Waals surface area contributed by atoms with Gasteiger partial charge in [0.25, 0.3) is 5.56 Å². The first-order chi connectivity index (χ1) is 5.20. The molecular formula is C7H8N2O2. The molecule has 0 fully saturated rings. The summed E-state index contributed by atoms with van der Waals surface area (Å²) in [5.74, 6) is -0.515. The van der Waals surface area contributed by atoms with Crippen LogP contribution in [0.3, 0.4) is 0 Å². The van der Waals surface area contributed by atoms with Gasteiger partial charge in [-0.2, -0.15) is 0 Å². The van der Waals surface area contributed by atoms with E-state index in [-0.39, 0.29) is 12.1 Å². The van der Waals surface area contributed by atoms with Crippen molar-refractivity contribution in [2.75, 3.05) is 0 Å². The first-order valence-corrected chi connectivity index (χ1v) is 3.14. The molecule has 0 saturated carbocycles. The third-order valence-electron chi connectivity index (χ3n) is 1.23. The molecule has 0 aliphatic rings. The Morgan fingerprint density at radius 1 is 1.55 bits per heavy atom. The zero-order chi connectivity index (χ0) is 8.27. The molecule has 11 heavy (non-hydrogen) atoms. The van der Waals surface area contributed by atoms with Gasteiger partial charge >= 0.3 is 0 Å². The molecule has 0 saturated heterocycles. The van der Waals surface area contributed by atoms with Gasteiger partial charge in [-0.05, 0) is 6.07 Å². The van der Waals surface area contributed by atoms with E-state index < -0.39 is 5.91 Å². The fraction of sp³-hybridized carbons (Fsp3) is 0.143. The van der Waals surface area contributed by atoms with E-state index in [1.807, 2.05) is 0 Å². The van der Waals surface area contributed by atoms with E-state index in [1.54, 1.807) is 12.1 Å². The lowest BCUT2D eigenvalue weighted by molar-refractivity contribution is -0.118. The number of hydrogen-bond donors (Lipinski definition) is 1. The Hall–Kier alpha value is -1.58. The Morgan fingerprint density at radius 2 is 2.27 bits per heavy atom. The van der Waals surface area contributed by atoms with Gasteiger partial charge in [0.1, 0.15) is 6.54 Å². The standard InChI is InChI=1S/C7H8N2O2/c8-6(10)5-9-4-2-1-3-7(9)11/h1-4H,5H2,(H2,8,10). The van der Waals surface area contributed by atoms with Crippen LogP contribution >= 0.6 is 0 Å². The highest BCUT2D eigenvalue weighted by Gasteiger charge is 1.96. The molecule has 2 N–H and O–H groups in total. The van der Waals surface area contributed by atoms with Gasteiger partial charge in [0.2, 0.25) is 5.91 Å². The highest BCUT2D eigenvalue weighted by atomic mass is 16.2. The molecule has 1 aromatic rings. The molecule has 0 bridgehead atoms. The summed E-state index contributed by atoms with van der Waals surface area (Å²) >= 11 is 0. The number of nitrogens with zero attached hydrogens (tertiary/aromatic N) is 1. The number of aromatic nitrogens is 1. The van der Waals surface area contributed by atoms with Crippen molar-refractivity contribution >= 4 is 5.91 Å². The summed E-state index contributed by atoms with van der Waals surface area (Å²) in [7, 11) is 0. The summed E-state index contributed by atoms with van der Waals surface area (Å²) in [6, 6.07) is 4.66. The fourth-order valence-corrected chi connectivity index (χ4v) is 0.759. The van der Waals surface area contributed by atoms with E-state index in [9.17, 15) is 9.59 Å². The van der Waals surface area contributed by atoms with E-state index in [0.717, 1.165) is 0 Å². The molecule has 0 spiro atoms. The first-order valence-electron chi connectivity index (χ1n) is 3.14. The number of rotatable bonds is 2. The van der Waals surface area contributed by atoms with Crippen molar-refractivity contribution in [1.29, 1.82) is 0 Å². The van der Waals surface area contributed by atoms with Crippen molar-refractivity contribution < 1.29 is 4.79 Å². The number of hydrogen-bond acceptors (Lipinski definition) is 2. The van der Waals surface area contributed by atoms with Crippen molar-refractivity contribution in [1.82, 2.24) is 4.57 Å². The van der Waals surface area contributed by atoms with Crippen LogP contribution in [-0.4, -0.2) is 10.5 Å². The summed E-state index contributed by atoms with van der Waals surface area (Å²) in [6.07, 6.45) is 1.52. The van der Waals surface area contributed by atoms with Crippen LogP contribution in [0.2, 0.25) is 0 Å². The second-order valence-corrected chi connectivity index (χ2v) is 2.13. The minimum Gasteiger partial charge on any atom is -0.368 e. The van der Waals surface area contributed by atoms with Gasteiger partial charge in [0, 0.05) is 12.3 Å². The molecule has 0 unspecified atom stereocenters. The molecule has 0 atom stereocenters. The second-order valence-electron chi connectivity index (χ2n) is 2.13. The van der Waals surface area contributed by atoms with Gasteiger partial charge in [0.15, 0.2) is 0 Å². The maximum absolute atomic E-state index is 10.9. The van der Waals surface area contributed by atoms with Crippen LogP contribution in [0.25, 0.3) is 0 Å². The third kappa shape index (κ3) is 1.93. The van der Waals surface area contributed by atoms with Gasteiger partial charge in [-0.3, -0.25) is 9.59 Å². The summed E-state index contributed by atoms with van der Waals surface area (Å²) in [6.45, 7) is -0.0559. The van der Waals surface area contributed by atoms with Crippen molar-refractivity contribution in [3.05, 3.63) is 34.7 Å². The molecule has 1 rings (SSSR count). The molecule has 58 valence electrons. The predicted molar refractivity (Wildman–Crippen MR) is 39.9 cm³/mol. The number of carbonyl (C=O) groups is 1. The summed E-state index contributed by atoms with van der Waals surface area (Å²) in [5, 5.41) is 0. The molecule has 1 amide bonds.